The Labute approximate surface area is 156 Å². The quantitative estimate of drug-likeness (QED) is 0.521. The third-order valence-corrected chi connectivity index (χ3v) is 5.09. The predicted octanol–water partition coefficient (Wildman–Crippen LogP) is 3.58. The van der Waals surface area contributed by atoms with Gasteiger partial charge in [0.15, 0.2) is 11.3 Å². The van der Waals surface area contributed by atoms with Gasteiger partial charge in [-0.15, -0.1) is 0 Å². The molecule has 27 heavy (non-hydrogen) atoms. The van der Waals surface area contributed by atoms with Gasteiger partial charge >= 0.3 is 0 Å². The van der Waals surface area contributed by atoms with Crippen molar-refractivity contribution in [2.24, 2.45) is 0 Å². The Bertz CT molecular complexity index is 1340. The molecular weight excluding hydrogens is 365 g/mol. The topological polar surface area (TPSA) is 76.5 Å². The van der Waals surface area contributed by atoms with Crippen LogP contribution in [0.1, 0.15) is 5.56 Å². The molecule has 4 heterocycles. The summed E-state index contributed by atoms with van der Waals surface area (Å²) in [5.74, 6) is 0.252. The second-order valence-corrected chi connectivity index (χ2v) is 6.84. The van der Waals surface area contributed by atoms with E-state index >= 15 is 0 Å². The Kier molecular flexibility index (Phi) is 3.58. The number of imidazole rings is 1. The zero-order chi connectivity index (χ0) is 18.4. The fourth-order valence-electron chi connectivity index (χ4n) is 3.23. The zero-order valence-corrected chi connectivity index (χ0v) is 14.7. The van der Waals surface area contributed by atoms with E-state index in [0.717, 1.165) is 5.56 Å². The van der Waals surface area contributed by atoms with E-state index in [1.54, 1.807) is 35.9 Å². The number of pyridine rings is 1. The van der Waals surface area contributed by atoms with Gasteiger partial charge in [0, 0.05) is 34.8 Å². The number of hydrogen-bond acceptors (Lipinski definition) is 5. The molecule has 0 bridgehead atoms. The van der Waals surface area contributed by atoms with Crippen molar-refractivity contribution in [1.82, 2.24) is 24.5 Å². The first-order valence-corrected chi connectivity index (χ1v) is 9.15. The van der Waals surface area contributed by atoms with Crippen LogP contribution in [0.2, 0.25) is 0 Å². The van der Waals surface area contributed by atoms with Gasteiger partial charge < -0.3 is 9.55 Å². The van der Waals surface area contributed by atoms with Gasteiger partial charge in [-0.25, -0.2) is 19.3 Å². The molecule has 1 N–H and O–H groups in total. The minimum absolute atomic E-state index is 0.201. The van der Waals surface area contributed by atoms with Crippen molar-refractivity contribution < 1.29 is 4.39 Å². The maximum Gasteiger partial charge on any atom is 0.248 e. The Morgan fingerprint density at radius 2 is 2.07 bits per heavy atom. The van der Waals surface area contributed by atoms with Crippen LogP contribution < -0.4 is 5.56 Å². The summed E-state index contributed by atoms with van der Waals surface area (Å²) in [6.07, 6.45) is 3.20. The Balaban J connectivity index is 1.77. The van der Waals surface area contributed by atoms with Gasteiger partial charge in [0.1, 0.15) is 11.6 Å². The lowest BCUT2D eigenvalue weighted by molar-refractivity contribution is 0.636. The van der Waals surface area contributed by atoms with Crippen LogP contribution in [0.5, 0.6) is 0 Å². The van der Waals surface area contributed by atoms with Crippen molar-refractivity contribution >= 4 is 33.5 Å². The third kappa shape index (κ3) is 2.61. The van der Waals surface area contributed by atoms with Crippen LogP contribution in [-0.2, 0) is 6.54 Å². The van der Waals surface area contributed by atoms with Crippen LogP contribution in [0.3, 0.4) is 0 Å². The summed E-state index contributed by atoms with van der Waals surface area (Å²) in [4.78, 5) is 28.0. The molecule has 0 amide bonds. The predicted molar refractivity (Wildman–Crippen MR) is 102 cm³/mol. The molecule has 6 nitrogen and oxygen atoms in total. The van der Waals surface area contributed by atoms with Crippen LogP contribution >= 0.6 is 11.3 Å². The molecule has 0 unspecified atom stereocenters. The van der Waals surface area contributed by atoms with Gasteiger partial charge in [-0.05, 0) is 23.1 Å². The van der Waals surface area contributed by atoms with E-state index < -0.39 is 5.82 Å². The van der Waals surface area contributed by atoms with Gasteiger partial charge in [0.05, 0.1) is 12.1 Å². The van der Waals surface area contributed by atoms with E-state index in [0.29, 0.717) is 34.6 Å². The first-order chi connectivity index (χ1) is 13.2. The highest BCUT2D eigenvalue weighted by molar-refractivity contribution is 7.08. The maximum absolute atomic E-state index is 14.2. The molecule has 132 valence electrons. The lowest BCUT2D eigenvalue weighted by Gasteiger charge is -2.10. The Hall–Kier alpha value is -3.39. The van der Waals surface area contributed by atoms with Crippen molar-refractivity contribution in [3.63, 3.8) is 0 Å². The molecule has 0 radical (unpaired) electrons. The number of fused-ring (bicyclic) bond motifs is 2. The molecule has 0 spiro atoms. The SMILES string of the molecule is O=c1cc(Cn2c(-c3ccsc3)nc3nccnc32)c2cccc(F)c2[nH]1. The van der Waals surface area contributed by atoms with Crippen LogP contribution in [-0.4, -0.2) is 24.5 Å². The number of H-pyrrole nitrogens is 1. The number of aromatic amines is 1. The molecule has 0 atom stereocenters. The van der Waals surface area contributed by atoms with E-state index in [2.05, 4.69) is 19.9 Å². The molecule has 0 saturated heterocycles. The summed E-state index contributed by atoms with van der Waals surface area (Å²) in [7, 11) is 0. The van der Waals surface area contributed by atoms with E-state index in [1.165, 1.54) is 12.1 Å². The number of thiophene rings is 1. The van der Waals surface area contributed by atoms with Crippen LogP contribution in [0, 0.1) is 5.82 Å². The number of halogens is 1. The summed E-state index contributed by atoms with van der Waals surface area (Å²) < 4.78 is 16.1. The first kappa shape index (κ1) is 15.8. The Morgan fingerprint density at radius 3 is 2.93 bits per heavy atom. The van der Waals surface area contributed by atoms with Gasteiger partial charge in [-0.1, -0.05) is 12.1 Å². The van der Waals surface area contributed by atoms with Crippen LogP contribution in [0.15, 0.2) is 58.3 Å². The lowest BCUT2D eigenvalue weighted by atomic mass is 10.1. The van der Waals surface area contributed by atoms with Crippen molar-refractivity contribution in [2.75, 3.05) is 0 Å². The van der Waals surface area contributed by atoms with Crippen LogP contribution in [0.4, 0.5) is 4.39 Å². The van der Waals surface area contributed by atoms with Crippen molar-refractivity contribution in [3.8, 4) is 11.4 Å². The highest BCUT2D eigenvalue weighted by Gasteiger charge is 2.17. The zero-order valence-electron chi connectivity index (χ0n) is 13.9. The van der Waals surface area contributed by atoms with Gasteiger partial charge in [-0.2, -0.15) is 11.3 Å². The van der Waals surface area contributed by atoms with E-state index in [-0.39, 0.29) is 11.1 Å². The number of aromatic nitrogens is 5. The smallest absolute Gasteiger partial charge is 0.248 e. The standard InChI is InChI=1S/C19H12FN5OS/c20-14-3-1-2-13-12(8-15(26)23-16(13)14)9-25-18(11-4-7-27-10-11)24-17-19(25)22-6-5-21-17/h1-8,10H,9H2,(H,23,26). The third-order valence-electron chi connectivity index (χ3n) is 4.40. The normalized spacial score (nSPS) is 11.4. The minimum Gasteiger partial charge on any atom is -0.319 e. The number of hydrogen-bond donors (Lipinski definition) is 1. The molecule has 5 rings (SSSR count). The number of benzene rings is 1. The number of nitrogens with zero attached hydrogens (tertiary/aromatic N) is 4. The van der Waals surface area contributed by atoms with Gasteiger partial charge in [0.2, 0.25) is 5.56 Å². The molecular formula is C19H12FN5OS. The number of nitrogens with one attached hydrogen (secondary N) is 1. The molecule has 5 aromatic rings. The summed E-state index contributed by atoms with van der Waals surface area (Å²) in [6, 6.07) is 8.21. The largest absolute Gasteiger partial charge is 0.319 e. The monoisotopic (exact) mass is 377 g/mol. The molecule has 0 aliphatic heterocycles. The average molecular weight is 377 g/mol. The van der Waals surface area contributed by atoms with Crippen LogP contribution in [0.25, 0.3) is 33.6 Å². The van der Waals surface area contributed by atoms with Crippen molar-refractivity contribution in [2.45, 2.75) is 6.54 Å². The van der Waals surface area contributed by atoms with Crippen molar-refractivity contribution in [3.05, 3.63) is 75.2 Å². The lowest BCUT2D eigenvalue weighted by Crippen LogP contribution is -2.11. The van der Waals surface area contributed by atoms with E-state index in [4.69, 9.17) is 0 Å². The van der Waals surface area contributed by atoms with Gasteiger partial charge in [0.25, 0.3) is 0 Å². The summed E-state index contributed by atoms with van der Waals surface area (Å²) in [5.41, 5.74) is 2.63. The van der Waals surface area contributed by atoms with E-state index in [9.17, 15) is 9.18 Å². The molecule has 0 aliphatic carbocycles. The number of rotatable bonds is 3. The summed E-state index contributed by atoms with van der Waals surface area (Å²) >= 11 is 1.57. The number of para-hydroxylation sites is 1. The molecule has 0 fully saturated rings. The van der Waals surface area contributed by atoms with Crippen molar-refractivity contribution in [1.29, 1.82) is 0 Å². The highest BCUT2D eigenvalue weighted by Crippen LogP contribution is 2.27. The fourth-order valence-corrected chi connectivity index (χ4v) is 3.86. The second-order valence-electron chi connectivity index (χ2n) is 6.06. The molecule has 8 heteroatoms. The summed E-state index contributed by atoms with van der Waals surface area (Å²) in [6.45, 7) is 0.324. The summed E-state index contributed by atoms with van der Waals surface area (Å²) in [5, 5.41) is 4.61. The molecule has 0 aliphatic rings. The van der Waals surface area contributed by atoms with Gasteiger partial charge in [-0.3, -0.25) is 4.79 Å². The minimum atomic E-state index is -0.459. The molecule has 0 saturated carbocycles. The first-order valence-electron chi connectivity index (χ1n) is 8.21. The Morgan fingerprint density at radius 1 is 1.19 bits per heavy atom. The van der Waals surface area contributed by atoms with E-state index in [1.807, 2.05) is 21.4 Å². The highest BCUT2D eigenvalue weighted by atomic mass is 32.1. The maximum atomic E-state index is 14.2. The average Bonchev–Trinajstić information content (AvgIpc) is 3.31. The second kappa shape index (κ2) is 6.10. The molecule has 4 aromatic heterocycles. The fraction of sp³-hybridized carbons (Fsp3) is 0.0526. The molecule has 1 aromatic carbocycles.